The van der Waals surface area contributed by atoms with Crippen LogP contribution in [0.1, 0.15) is 41.7 Å². The van der Waals surface area contributed by atoms with E-state index in [-0.39, 0.29) is 17.7 Å². The minimum absolute atomic E-state index is 0.0980. The van der Waals surface area contributed by atoms with E-state index in [0.717, 1.165) is 18.7 Å². The lowest BCUT2D eigenvalue weighted by molar-refractivity contribution is -0.385. The topological polar surface area (TPSA) is 122 Å². The van der Waals surface area contributed by atoms with E-state index in [1.807, 2.05) is 0 Å². The summed E-state index contributed by atoms with van der Waals surface area (Å²) >= 11 is 0. The molecule has 1 aromatic rings. The number of hydrogen-bond donors (Lipinski definition) is 2. The molecule has 1 aromatic heterocycles. The Bertz CT molecular complexity index is 610. The molecule has 0 saturated heterocycles. The van der Waals surface area contributed by atoms with Gasteiger partial charge in [-0.1, -0.05) is 0 Å². The third kappa shape index (κ3) is 3.15. The highest BCUT2D eigenvalue weighted by molar-refractivity contribution is 5.96. The summed E-state index contributed by atoms with van der Waals surface area (Å²) in [7, 11) is 0. The summed E-state index contributed by atoms with van der Waals surface area (Å²) in [6, 6.07) is 1.16. The van der Waals surface area contributed by atoms with Crippen molar-refractivity contribution in [3.05, 3.63) is 33.6 Å². The Morgan fingerprint density at radius 1 is 1.52 bits per heavy atom. The van der Waals surface area contributed by atoms with Crippen molar-refractivity contribution in [2.45, 2.75) is 38.1 Å². The summed E-state index contributed by atoms with van der Waals surface area (Å²) in [6.07, 6.45) is 2.96. The van der Waals surface area contributed by atoms with Crippen molar-refractivity contribution in [1.29, 1.82) is 0 Å². The molecule has 0 radical (unpaired) electrons. The van der Waals surface area contributed by atoms with Gasteiger partial charge in [0.15, 0.2) is 0 Å². The minimum atomic E-state index is -0.983. The van der Waals surface area contributed by atoms with E-state index in [2.05, 4.69) is 10.3 Å². The zero-order chi connectivity index (χ0) is 15.6. The van der Waals surface area contributed by atoms with Crippen LogP contribution < -0.4 is 5.32 Å². The van der Waals surface area contributed by atoms with Gasteiger partial charge in [0, 0.05) is 6.07 Å². The fraction of sp³-hybridized carbons (Fsp3) is 0.462. The second-order valence-electron chi connectivity index (χ2n) is 5.24. The zero-order valence-electron chi connectivity index (χ0n) is 11.5. The molecule has 0 unspecified atom stereocenters. The van der Waals surface area contributed by atoms with Gasteiger partial charge in [-0.05, 0) is 26.2 Å². The number of aryl methyl sites for hydroxylation is 1. The van der Waals surface area contributed by atoms with E-state index in [0.29, 0.717) is 18.5 Å². The van der Waals surface area contributed by atoms with Gasteiger partial charge < -0.3 is 10.4 Å². The molecule has 8 nitrogen and oxygen atoms in total. The van der Waals surface area contributed by atoms with Crippen molar-refractivity contribution in [2.75, 3.05) is 0 Å². The van der Waals surface area contributed by atoms with Crippen LogP contribution in [0.4, 0.5) is 5.69 Å². The number of nitrogens with one attached hydrogen (secondary N) is 1. The van der Waals surface area contributed by atoms with Gasteiger partial charge in [-0.15, -0.1) is 0 Å². The molecule has 1 amide bonds. The van der Waals surface area contributed by atoms with Gasteiger partial charge in [-0.25, -0.2) is 0 Å². The molecule has 0 bridgehead atoms. The zero-order valence-corrected chi connectivity index (χ0v) is 11.5. The Morgan fingerprint density at radius 3 is 2.67 bits per heavy atom. The molecule has 2 N–H and O–H groups in total. The average molecular weight is 293 g/mol. The maximum Gasteiger partial charge on any atom is 0.305 e. The molecular weight excluding hydrogens is 278 g/mol. The first-order valence-corrected chi connectivity index (χ1v) is 6.48. The number of nitro groups is 1. The number of rotatable bonds is 5. The SMILES string of the molecule is Cc1ncc([N+](=O)[O-])cc1C(=O)NC1(CC(=O)O)CCC1. The predicted molar refractivity (Wildman–Crippen MR) is 71.9 cm³/mol. The normalized spacial score (nSPS) is 15.9. The lowest BCUT2D eigenvalue weighted by Crippen LogP contribution is -2.54. The number of carbonyl (C=O) groups is 2. The van der Waals surface area contributed by atoms with Gasteiger partial charge >= 0.3 is 5.97 Å². The quantitative estimate of drug-likeness (QED) is 0.625. The summed E-state index contributed by atoms with van der Waals surface area (Å²) in [6.45, 7) is 1.57. The van der Waals surface area contributed by atoms with Gasteiger partial charge in [-0.3, -0.25) is 24.7 Å². The van der Waals surface area contributed by atoms with Crippen LogP contribution >= 0.6 is 0 Å². The highest BCUT2D eigenvalue weighted by atomic mass is 16.6. The number of carbonyl (C=O) groups excluding carboxylic acids is 1. The monoisotopic (exact) mass is 293 g/mol. The summed E-state index contributed by atoms with van der Waals surface area (Å²) in [5.74, 6) is -1.51. The average Bonchev–Trinajstić information content (AvgIpc) is 2.35. The lowest BCUT2D eigenvalue weighted by Gasteiger charge is -2.41. The molecular formula is C13H15N3O5. The maximum absolute atomic E-state index is 12.3. The van der Waals surface area contributed by atoms with Gasteiger partial charge in [0.1, 0.15) is 6.20 Å². The molecule has 21 heavy (non-hydrogen) atoms. The second-order valence-corrected chi connectivity index (χ2v) is 5.24. The van der Waals surface area contributed by atoms with Crippen LogP contribution in [0.15, 0.2) is 12.3 Å². The fourth-order valence-electron chi connectivity index (χ4n) is 2.40. The number of carboxylic acids is 1. The van der Waals surface area contributed by atoms with E-state index in [4.69, 9.17) is 5.11 Å². The summed E-state index contributed by atoms with van der Waals surface area (Å²) in [5.41, 5.74) is -0.560. The highest BCUT2D eigenvalue weighted by Crippen LogP contribution is 2.35. The third-order valence-electron chi connectivity index (χ3n) is 3.71. The number of amides is 1. The minimum Gasteiger partial charge on any atom is -0.481 e. The van der Waals surface area contributed by atoms with E-state index in [9.17, 15) is 19.7 Å². The highest BCUT2D eigenvalue weighted by Gasteiger charge is 2.40. The van der Waals surface area contributed by atoms with E-state index in [1.165, 1.54) is 0 Å². The Labute approximate surface area is 120 Å². The third-order valence-corrected chi connectivity index (χ3v) is 3.71. The first-order valence-electron chi connectivity index (χ1n) is 6.48. The van der Waals surface area contributed by atoms with Crippen molar-refractivity contribution in [3.63, 3.8) is 0 Å². The van der Waals surface area contributed by atoms with Crippen LogP contribution in [0, 0.1) is 17.0 Å². The first-order chi connectivity index (χ1) is 9.83. The number of nitrogens with zero attached hydrogens (tertiary/aromatic N) is 2. The molecule has 1 aliphatic rings. The van der Waals surface area contributed by atoms with Crippen LogP contribution in [0.3, 0.4) is 0 Å². The van der Waals surface area contributed by atoms with Crippen molar-refractivity contribution in [3.8, 4) is 0 Å². The molecule has 1 fully saturated rings. The number of pyridine rings is 1. The van der Waals surface area contributed by atoms with Gasteiger partial charge in [0.05, 0.1) is 28.1 Å². The van der Waals surface area contributed by atoms with Crippen molar-refractivity contribution in [2.24, 2.45) is 0 Å². The van der Waals surface area contributed by atoms with Crippen LogP contribution in [0.5, 0.6) is 0 Å². The molecule has 2 rings (SSSR count). The van der Waals surface area contributed by atoms with Crippen molar-refractivity contribution in [1.82, 2.24) is 10.3 Å². The molecule has 1 aliphatic carbocycles. The van der Waals surface area contributed by atoms with Gasteiger partial charge in [0.25, 0.3) is 11.6 Å². The van der Waals surface area contributed by atoms with Crippen LogP contribution in [0.2, 0.25) is 0 Å². The fourth-order valence-corrected chi connectivity index (χ4v) is 2.40. The van der Waals surface area contributed by atoms with E-state index < -0.39 is 22.3 Å². The molecule has 8 heteroatoms. The standard InChI is InChI=1S/C13H15N3O5/c1-8-10(5-9(7-14-8)16(20)21)12(19)15-13(3-2-4-13)6-11(17)18/h5,7H,2-4,6H2,1H3,(H,15,19)(H,17,18). The lowest BCUT2D eigenvalue weighted by atomic mass is 9.74. The Balaban J connectivity index is 2.22. The predicted octanol–water partition coefficient (Wildman–Crippen LogP) is 1.43. The molecule has 0 aliphatic heterocycles. The summed E-state index contributed by atoms with van der Waals surface area (Å²) in [4.78, 5) is 37.1. The largest absolute Gasteiger partial charge is 0.481 e. The van der Waals surface area contributed by atoms with E-state index in [1.54, 1.807) is 6.92 Å². The number of hydrogen-bond acceptors (Lipinski definition) is 5. The molecule has 0 aromatic carbocycles. The van der Waals surface area contributed by atoms with E-state index >= 15 is 0 Å². The Morgan fingerprint density at radius 2 is 2.19 bits per heavy atom. The summed E-state index contributed by atoms with van der Waals surface area (Å²) < 4.78 is 0. The number of aromatic nitrogens is 1. The first kappa shape index (κ1) is 14.9. The van der Waals surface area contributed by atoms with Gasteiger partial charge in [0.2, 0.25) is 0 Å². The molecule has 0 atom stereocenters. The maximum atomic E-state index is 12.3. The smallest absolute Gasteiger partial charge is 0.305 e. The molecule has 0 spiro atoms. The number of carboxylic acid groups (broad SMARTS) is 1. The Kier molecular flexibility index (Phi) is 3.88. The van der Waals surface area contributed by atoms with Crippen LogP contribution in [0.25, 0.3) is 0 Å². The number of aliphatic carboxylic acids is 1. The molecule has 1 heterocycles. The van der Waals surface area contributed by atoms with Crippen molar-refractivity contribution < 1.29 is 19.6 Å². The summed E-state index contributed by atoms with van der Waals surface area (Å²) in [5, 5.41) is 22.4. The van der Waals surface area contributed by atoms with Crippen molar-refractivity contribution >= 4 is 17.6 Å². The molecule has 1 saturated carbocycles. The van der Waals surface area contributed by atoms with Crippen LogP contribution in [-0.2, 0) is 4.79 Å². The van der Waals surface area contributed by atoms with Gasteiger partial charge in [-0.2, -0.15) is 0 Å². The molecule has 112 valence electrons. The second kappa shape index (κ2) is 5.47. The van der Waals surface area contributed by atoms with Crippen LogP contribution in [-0.4, -0.2) is 32.4 Å². The Hall–Kier alpha value is -2.51.